The van der Waals surface area contributed by atoms with Crippen molar-refractivity contribution in [3.05, 3.63) is 107 Å². The Morgan fingerprint density at radius 1 is 1.04 bits per heavy atom. The van der Waals surface area contributed by atoms with Gasteiger partial charge >= 0.3 is 6.18 Å². The van der Waals surface area contributed by atoms with E-state index in [-0.39, 0.29) is 49.9 Å². The van der Waals surface area contributed by atoms with Crippen molar-refractivity contribution < 1.29 is 45.8 Å². The zero-order valence-electron chi connectivity index (χ0n) is 27.2. The molecule has 0 saturated carbocycles. The standard InChI is InChI=1S/C36H35F5N4O5/c1-3-49-31-16-32(50-20-21-4-7-27(48-2)8-5-21)44-17-29(31)22-6-9-28(30(38)15-22)33(34(42)46)23-12-24(14-25(13-23)36(39,40)41)35(47)43-10-11-45-18-26(37)19-45/h4-9,12-17,26,33H,3,10-11,18-20H2,1-2H3,(H2,42,46)(H,43,47). The van der Waals surface area contributed by atoms with Gasteiger partial charge in [0.1, 0.15) is 30.1 Å². The Morgan fingerprint density at radius 3 is 2.40 bits per heavy atom. The lowest BCUT2D eigenvalue weighted by molar-refractivity contribution is -0.137. The highest BCUT2D eigenvalue weighted by Gasteiger charge is 2.34. The maximum absolute atomic E-state index is 15.9. The summed E-state index contributed by atoms with van der Waals surface area (Å²) in [6.07, 6.45) is -4.41. The molecule has 1 aliphatic heterocycles. The molecule has 3 aromatic carbocycles. The molecule has 2 amide bonds. The largest absolute Gasteiger partial charge is 0.497 e. The Kier molecular flexibility index (Phi) is 11.2. The molecule has 1 saturated heterocycles. The molecule has 1 unspecified atom stereocenters. The molecule has 2 heterocycles. The van der Waals surface area contributed by atoms with Crippen molar-refractivity contribution in [2.75, 3.05) is 39.9 Å². The predicted octanol–water partition coefficient (Wildman–Crippen LogP) is 5.89. The van der Waals surface area contributed by atoms with E-state index in [1.165, 1.54) is 18.3 Å². The maximum Gasteiger partial charge on any atom is 0.416 e. The number of halogens is 5. The van der Waals surface area contributed by atoms with Crippen LogP contribution in [0.1, 0.15) is 45.5 Å². The van der Waals surface area contributed by atoms with E-state index >= 15 is 4.39 Å². The molecule has 1 aromatic heterocycles. The number of alkyl halides is 4. The SMILES string of the molecule is CCOc1cc(OCc2ccc(OC)cc2)ncc1-c1ccc(C(C(N)=O)c2cc(C(=O)NCCN3CC(F)C3)cc(C(F)(F)F)c2)c(F)c1. The van der Waals surface area contributed by atoms with Crippen molar-refractivity contribution in [2.45, 2.75) is 31.8 Å². The van der Waals surface area contributed by atoms with Gasteiger partial charge in [0.05, 0.1) is 25.2 Å². The number of primary amides is 1. The van der Waals surface area contributed by atoms with E-state index in [0.29, 0.717) is 41.3 Å². The smallest absolute Gasteiger partial charge is 0.416 e. The van der Waals surface area contributed by atoms with Crippen LogP contribution in [0, 0.1) is 5.82 Å². The summed E-state index contributed by atoms with van der Waals surface area (Å²) in [7, 11) is 1.57. The number of methoxy groups -OCH3 is 1. The summed E-state index contributed by atoms with van der Waals surface area (Å²) in [6.45, 7) is 3.02. The van der Waals surface area contributed by atoms with Crippen molar-refractivity contribution in [1.82, 2.24) is 15.2 Å². The van der Waals surface area contributed by atoms with E-state index < -0.39 is 47.0 Å². The number of carbonyl (C=O) groups is 2. The third-order valence-electron chi connectivity index (χ3n) is 8.10. The van der Waals surface area contributed by atoms with E-state index in [0.717, 1.165) is 17.7 Å². The number of carbonyl (C=O) groups excluding carboxylic acids is 2. The van der Waals surface area contributed by atoms with Crippen molar-refractivity contribution in [3.8, 4) is 28.5 Å². The first-order chi connectivity index (χ1) is 23.9. The van der Waals surface area contributed by atoms with Gasteiger partial charge in [0.25, 0.3) is 5.91 Å². The normalized spacial score (nSPS) is 14.1. The molecule has 0 spiro atoms. The van der Waals surface area contributed by atoms with Crippen LogP contribution in [0.15, 0.2) is 72.9 Å². The summed E-state index contributed by atoms with van der Waals surface area (Å²) in [5, 5.41) is 2.51. The highest BCUT2D eigenvalue weighted by atomic mass is 19.4. The topological polar surface area (TPSA) is 116 Å². The van der Waals surface area contributed by atoms with Crippen molar-refractivity contribution in [3.63, 3.8) is 0 Å². The lowest BCUT2D eigenvalue weighted by Crippen LogP contribution is -2.50. The van der Waals surface area contributed by atoms with Gasteiger partial charge in [-0.1, -0.05) is 24.3 Å². The molecular weight excluding hydrogens is 663 g/mol. The number of nitrogens with one attached hydrogen (secondary N) is 1. The Bertz CT molecular complexity index is 1830. The van der Waals surface area contributed by atoms with Crippen LogP contribution in [0.3, 0.4) is 0 Å². The quantitative estimate of drug-likeness (QED) is 0.158. The van der Waals surface area contributed by atoms with Crippen LogP contribution in [0.2, 0.25) is 0 Å². The average molecular weight is 699 g/mol. The van der Waals surface area contributed by atoms with Gasteiger partial charge in [0, 0.05) is 55.1 Å². The lowest BCUT2D eigenvalue weighted by atomic mass is 9.87. The minimum Gasteiger partial charge on any atom is -0.497 e. The highest BCUT2D eigenvalue weighted by Crippen LogP contribution is 2.38. The summed E-state index contributed by atoms with van der Waals surface area (Å²) in [5.74, 6) is -3.30. The number of ether oxygens (including phenoxy) is 3. The first kappa shape index (κ1) is 36.1. The Balaban J connectivity index is 1.40. The second-order valence-corrected chi connectivity index (χ2v) is 11.6. The molecule has 1 atom stereocenters. The fourth-order valence-corrected chi connectivity index (χ4v) is 5.53. The molecule has 9 nitrogen and oxygen atoms in total. The third kappa shape index (κ3) is 8.67. The monoisotopic (exact) mass is 698 g/mol. The summed E-state index contributed by atoms with van der Waals surface area (Å²) in [5.41, 5.74) is 4.98. The van der Waals surface area contributed by atoms with Gasteiger partial charge in [-0.3, -0.25) is 14.5 Å². The van der Waals surface area contributed by atoms with Crippen LogP contribution in [-0.4, -0.2) is 67.8 Å². The van der Waals surface area contributed by atoms with Crippen LogP contribution in [-0.2, 0) is 17.6 Å². The van der Waals surface area contributed by atoms with Gasteiger partial charge in [0.15, 0.2) is 0 Å². The van der Waals surface area contributed by atoms with Crippen LogP contribution in [0.5, 0.6) is 17.4 Å². The molecule has 3 N–H and O–H groups in total. The zero-order valence-corrected chi connectivity index (χ0v) is 27.2. The molecule has 264 valence electrons. The molecule has 1 aliphatic rings. The minimum atomic E-state index is -4.89. The third-order valence-corrected chi connectivity index (χ3v) is 8.10. The van der Waals surface area contributed by atoms with E-state index in [1.807, 2.05) is 12.1 Å². The van der Waals surface area contributed by atoms with Gasteiger partial charge in [-0.05, 0) is 60.0 Å². The van der Waals surface area contributed by atoms with Crippen LogP contribution < -0.4 is 25.3 Å². The van der Waals surface area contributed by atoms with Crippen molar-refractivity contribution >= 4 is 11.8 Å². The number of hydrogen-bond acceptors (Lipinski definition) is 7. The fourth-order valence-electron chi connectivity index (χ4n) is 5.53. The molecule has 0 radical (unpaired) electrons. The Hall–Kier alpha value is -5.24. The fraction of sp³-hybridized carbons (Fsp3) is 0.306. The van der Waals surface area contributed by atoms with Gasteiger partial charge in [0.2, 0.25) is 11.8 Å². The Labute approximate surface area is 285 Å². The highest BCUT2D eigenvalue weighted by molar-refractivity contribution is 5.95. The molecule has 50 heavy (non-hydrogen) atoms. The predicted molar refractivity (Wildman–Crippen MR) is 174 cm³/mol. The number of amides is 2. The molecule has 4 aromatic rings. The maximum atomic E-state index is 15.9. The van der Waals surface area contributed by atoms with Gasteiger partial charge in [-0.2, -0.15) is 13.2 Å². The number of rotatable bonds is 14. The lowest BCUT2D eigenvalue weighted by Gasteiger charge is -2.34. The van der Waals surface area contributed by atoms with E-state index in [1.54, 1.807) is 37.1 Å². The number of benzene rings is 3. The number of aromatic nitrogens is 1. The first-order valence-electron chi connectivity index (χ1n) is 15.7. The molecule has 0 aliphatic carbocycles. The number of hydrogen-bond donors (Lipinski definition) is 2. The van der Waals surface area contributed by atoms with Gasteiger partial charge in [-0.15, -0.1) is 0 Å². The van der Waals surface area contributed by atoms with Gasteiger partial charge in [-0.25, -0.2) is 13.8 Å². The average Bonchev–Trinajstić information content (AvgIpc) is 3.07. The summed E-state index contributed by atoms with van der Waals surface area (Å²) in [6, 6.07) is 15.0. The van der Waals surface area contributed by atoms with Crippen molar-refractivity contribution in [1.29, 1.82) is 0 Å². The Morgan fingerprint density at radius 2 is 1.78 bits per heavy atom. The molecule has 5 rings (SSSR count). The van der Waals surface area contributed by atoms with Crippen LogP contribution in [0.4, 0.5) is 22.0 Å². The van der Waals surface area contributed by atoms with Gasteiger partial charge < -0.3 is 25.3 Å². The summed E-state index contributed by atoms with van der Waals surface area (Å²) in [4.78, 5) is 31.7. The van der Waals surface area contributed by atoms with Crippen LogP contribution >= 0.6 is 0 Å². The molecular formula is C36H35F5N4O5. The number of nitrogens with zero attached hydrogens (tertiary/aromatic N) is 2. The van der Waals surface area contributed by atoms with Crippen LogP contribution in [0.25, 0.3) is 11.1 Å². The number of pyridine rings is 1. The minimum absolute atomic E-state index is 0.0564. The molecule has 0 bridgehead atoms. The summed E-state index contributed by atoms with van der Waals surface area (Å²) < 4.78 is 87.5. The zero-order chi connectivity index (χ0) is 36.0. The molecule has 1 fully saturated rings. The first-order valence-corrected chi connectivity index (χ1v) is 15.7. The van der Waals surface area contributed by atoms with E-state index in [2.05, 4.69) is 10.3 Å². The summed E-state index contributed by atoms with van der Waals surface area (Å²) >= 11 is 0. The number of nitrogens with two attached hydrogens (primary N) is 1. The van der Waals surface area contributed by atoms with Crippen molar-refractivity contribution in [2.24, 2.45) is 5.73 Å². The van der Waals surface area contributed by atoms with E-state index in [4.69, 9.17) is 19.9 Å². The number of likely N-dealkylation sites (tertiary alicyclic amines) is 1. The molecule has 14 heteroatoms. The second-order valence-electron chi connectivity index (χ2n) is 11.6. The second kappa shape index (κ2) is 15.5. The van der Waals surface area contributed by atoms with E-state index in [9.17, 15) is 27.2 Å².